The number of aryl methyl sites for hydroxylation is 1. The number of hydrogen-bond donors (Lipinski definition) is 1. The molecule has 0 saturated heterocycles. The molecule has 0 heterocycles. The molecule has 1 unspecified atom stereocenters. The normalized spacial score (nSPS) is 12.4. The molecule has 3 aromatic rings. The molecule has 5 nitrogen and oxygen atoms in total. The maximum absolute atomic E-state index is 13.9. The van der Waals surface area contributed by atoms with Gasteiger partial charge >= 0.3 is 5.97 Å². The highest BCUT2D eigenvalue weighted by atomic mass is 32.2. The van der Waals surface area contributed by atoms with Gasteiger partial charge in [0, 0.05) is 0 Å². The summed E-state index contributed by atoms with van der Waals surface area (Å²) in [5.41, 5.74) is 3.20. The zero-order chi connectivity index (χ0) is 22.4. The maximum atomic E-state index is 13.9. The summed E-state index contributed by atoms with van der Waals surface area (Å²) in [6.07, 6.45) is 0.859. The molecule has 0 fully saturated rings. The SMILES string of the molecule is CCc1ccc(C(NS(=O)(=O)Cc2ccc(C(=O)OC)cc2)c2cccc(F)c2)cc1. The largest absolute Gasteiger partial charge is 0.465 e. The lowest BCUT2D eigenvalue weighted by atomic mass is 9.98. The number of carbonyl (C=O) groups excluding carboxylic acids is 1. The monoisotopic (exact) mass is 441 g/mol. The van der Waals surface area contributed by atoms with E-state index in [4.69, 9.17) is 0 Å². The molecule has 31 heavy (non-hydrogen) atoms. The van der Waals surface area contributed by atoms with E-state index in [1.54, 1.807) is 24.3 Å². The Labute approximate surface area is 181 Å². The quantitative estimate of drug-likeness (QED) is 0.527. The fourth-order valence-corrected chi connectivity index (χ4v) is 4.60. The first-order valence-electron chi connectivity index (χ1n) is 9.83. The lowest BCUT2D eigenvalue weighted by molar-refractivity contribution is 0.0600. The van der Waals surface area contributed by atoms with E-state index in [2.05, 4.69) is 9.46 Å². The van der Waals surface area contributed by atoms with E-state index in [0.717, 1.165) is 12.0 Å². The van der Waals surface area contributed by atoms with Gasteiger partial charge in [0.15, 0.2) is 0 Å². The van der Waals surface area contributed by atoms with Crippen molar-refractivity contribution in [3.63, 3.8) is 0 Å². The topological polar surface area (TPSA) is 72.5 Å². The number of rotatable bonds is 8. The Kier molecular flexibility index (Phi) is 7.20. The minimum Gasteiger partial charge on any atom is -0.465 e. The third kappa shape index (κ3) is 5.99. The average molecular weight is 442 g/mol. The molecule has 0 aliphatic carbocycles. The molecule has 3 aromatic carbocycles. The second-order valence-corrected chi connectivity index (χ2v) is 8.90. The van der Waals surface area contributed by atoms with Crippen LogP contribution in [0.2, 0.25) is 0 Å². The molecule has 1 atom stereocenters. The molecule has 0 aliphatic heterocycles. The fraction of sp³-hybridized carbons (Fsp3) is 0.208. The van der Waals surface area contributed by atoms with E-state index in [9.17, 15) is 17.6 Å². The first-order chi connectivity index (χ1) is 14.8. The van der Waals surface area contributed by atoms with Crippen LogP contribution in [0.1, 0.15) is 45.6 Å². The smallest absolute Gasteiger partial charge is 0.337 e. The van der Waals surface area contributed by atoms with Gasteiger partial charge in [0.05, 0.1) is 24.5 Å². The Balaban J connectivity index is 1.87. The van der Waals surface area contributed by atoms with E-state index >= 15 is 0 Å². The zero-order valence-corrected chi connectivity index (χ0v) is 18.2. The molecule has 7 heteroatoms. The van der Waals surface area contributed by atoms with Crippen LogP contribution in [0.25, 0.3) is 0 Å². The molecule has 0 aromatic heterocycles. The summed E-state index contributed by atoms with van der Waals surface area (Å²) in [5.74, 6) is -1.22. The summed E-state index contributed by atoms with van der Waals surface area (Å²) in [6.45, 7) is 2.03. The summed E-state index contributed by atoms with van der Waals surface area (Å²) < 4.78 is 47.1. The van der Waals surface area contributed by atoms with Crippen molar-refractivity contribution >= 4 is 16.0 Å². The van der Waals surface area contributed by atoms with Crippen molar-refractivity contribution in [2.75, 3.05) is 7.11 Å². The van der Waals surface area contributed by atoms with Crippen molar-refractivity contribution in [3.05, 3.63) is 106 Å². The number of carbonyl (C=O) groups is 1. The third-order valence-corrected chi connectivity index (χ3v) is 6.24. The number of benzene rings is 3. The Hall–Kier alpha value is -3.03. The second-order valence-electron chi connectivity index (χ2n) is 7.15. The number of nitrogens with one attached hydrogen (secondary N) is 1. The molecule has 162 valence electrons. The summed E-state index contributed by atoms with van der Waals surface area (Å²) in [4.78, 5) is 11.6. The maximum Gasteiger partial charge on any atom is 0.337 e. The summed E-state index contributed by atoms with van der Waals surface area (Å²) in [7, 11) is -2.50. The zero-order valence-electron chi connectivity index (χ0n) is 17.3. The van der Waals surface area contributed by atoms with Crippen molar-refractivity contribution in [2.24, 2.45) is 0 Å². The number of ether oxygens (including phenoxy) is 1. The number of hydrogen-bond acceptors (Lipinski definition) is 4. The number of sulfonamides is 1. The van der Waals surface area contributed by atoms with Gasteiger partial charge in [-0.2, -0.15) is 0 Å². The molecule has 0 aliphatic rings. The molecule has 0 radical (unpaired) electrons. The Bertz CT molecular complexity index is 1140. The Morgan fingerprint density at radius 3 is 2.19 bits per heavy atom. The highest BCUT2D eigenvalue weighted by Gasteiger charge is 2.22. The van der Waals surface area contributed by atoms with Crippen LogP contribution in [-0.2, 0) is 26.9 Å². The first kappa shape index (κ1) is 22.7. The van der Waals surface area contributed by atoms with E-state index < -0.39 is 27.9 Å². The Morgan fingerprint density at radius 1 is 0.968 bits per heavy atom. The minimum atomic E-state index is -3.79. The first-order valence-corrected chi connectivity index (χ1v) is 11.5. The van der Waals surface area contributed by atoms with Crippen LogP contribution in [-0.4, -0.2) is 21.5 Å². The van der Waals surface area contributed by atoms with Gasteiger partial charge in [0.25, 0.3) is 0 Å². The van der Waals surface area contributed by atoms with Gasteiger partial charge in [-0.3, -0.25) is 0 Å². The highest BCUT2D eigenvalue weighted by molar-refractivity contribution is 7.88. The molecule has 3 rings (SSSR count). The van der Waals surface area contributed by atoms with Crippen LogP contribution in [0.5, 0.6) is 0 Å². The van der Waals surface area contributed by atoms with Crippen LogP contribution in [0.4, 0.5) is 4.39 Å². The fourth-order valence-electron chi connectivity index (χ4n) is 3.26. The van der Waals surface area contributed by atoms with E-state index in [1.807, 2.05) is 31.2 Å². The number of esters is 1. The minimum absolute atomic E-state index is 0.284. The van der Waals surface area contributed by atoms with Gasteiger partial charge < -0.3 is 4.74 Å². The molecule has 1 N–H and O–H groups in total. The molecular weight excluding hydrogens is 417 g/mol. The van der Waals surface area contributed by atoms with Crippen molar-refractivity contribution < 1.29 is 22.3 Å². The number of methoxy groups -OCH3 is 1. The lowest BCUT2D eigenvalue weighted by Crippen LogP contribution is -2.30. The van der Waals surface area contributed by atoms with Crippen LogP contribution in [0.3, 0.4) is 0 Å². The van der Waals surface area contributed by atoms with Crippen molar-refractivity contribution in [3.8, 4) is 0 Å². The predicted molar refractivity (Wildman–Crippen MR) is 118 cm³/mol. The molecular formula is C24H24FNO4S. The highest BCUT2D eigenvalue weighted by Crippen LogP contribution is 2.25. The van der Waals surface area contributed by atoms with E-state index in [-0.39, 0.29) is 5.75 Å². The van der Waals surface area contributed by atoms with Gasteiger partial charge in [-0.25, -0.2) is 22.3 Å². The van der Waals surface area contributed by atoms with Crippen molar-refractivity contribution in [1.82, 2.24) is 4.72 Å². The Morgan fingerprint density at radius 2 is 1.61 bits per heavy atom. The second kappa shape index (κ2) is 9.85. The van der Waals surface area contributed by atoms with Gasteiger partial charge in [-0.15, -0.1) is 0 Å². The van der Waals surface area contributed by atoms with Gasteiger partial charge in [0.2, 0.25) is 10.0 Å². The summed E-state index contributed by atoms with van der Waals surface area (Å²) >= 11 is 0. The third-order valence-electron chi connectivity index (χ3n) is 4.93. The van der Waals surface area contributed by atoms with Crippen molar-refractivity contribution in [1.29, 1.82) is 0 Å². The summed E-state index contributed by atoms with van der Waals surface area (Å²) in [6, 6.07) is 18.9. The summed E-state index contributed by atoms with van der Waals surface area (Å²) in [5, 5.41) is 0. The van der Waals surface area contributed by atoms with Gasteiger partial charge in [-0.1, -0.05) is 55.5 Å². The standard InChI is InChI=1S/C24H24FNO4S/c1-3-17-7-11-19(12-8-17)23(21-5-4-6-22(25)15-21)26-31(28,29)16-18-9-13-20(14-10-18)24(27)30-2/h4-15,23,26H,3,16H2,1-2H3. The average Bonchev–Trinajstić information content (AvgIpc) is 2.77. The van der Waals surface area contributed by atoms with Crippen LogP contribution in [0.15, 0.2) is 72.8 Å². The lowest BCUT2D eigenvalue weighted by Gasteiger charge is -2.20. The van der Waals surface area contributed by atoms with Gasteiger partial charge in [-0.05, 0) is 52.9 Å². The van der Waals surface area contributed by atoms with Gasteiger partial charge in [0.1, 0.15) is 5.82 Å². The predicted octanol–water partition coefficient (Wildman–Crippen LogP) is 4.38. The van der Waals surface area contributed by atoms with E-state index in [1.165, 1.54) is 31.4 Å². The van der Waals surface area contributed by atoms with Crippen molar-refractivity contribution in [2.45, 2.75) is 25.1 Å². The van der Waals surface area contributed by atoms with Crippen LogP contribution < -0.4 is 4.72 Å². The van der Waals surface area contributed by atoms with Crippen LogP contribution in [0, 0.1) is 5.82 Å². The molecule has 0 spiro atoms. The molecule has 0 bridgehead atoms. The van der Waals surface area contributed by atoms with E-state index in [0.29, 0.717) is 22.3 Å². The molecule has 0 saturated carbocycles. The number of halogens is 1. The van der Waals surface area contributed by atoms with Crippen LogP contribution >= 0.6 is 0 Å². The molecule has 0 amide bonds.